The number of rotatable bonds is 1. The second-order valence-corrected chi connectivity index (χ2v) is 6.14. The molecule has 0 aliphatic carbocycles. The molecule has 1 aliphatic rings. The Morgan fingerprint density at radius 2 is 2.14 bits per heavy atom. The molecule has 2 rings (SSSR count). The van der Waals surface area contributed by atoms with Gasteiger partial charge in [-0.1, -0.05) is 28.1 Å². The van der Waals surface area contributed by atoms with E-state index in [1.54, 1.807) is 6.07 Å². The van der Waals surface area contributed by atoms with Crippen molar-refractivity contribution < 1.29 is 8.42 Å². The summed E-state index contributed by atoms with van der Waals surface area (Å²) in [6.45, 7) is 0. The third kappa shape index (κ3) is 1.73. The molecule has 0 fully saturated rings. The van der Waals surface area contributed by atoms with Crippen molar-refractivity contribution >= 4 is 25.8 Å². The third-order valence-electron chi connectivity index (χ3n) is 2.47. The lowest BCUT2D eigenvalue weighted by atomic mass is 10.1. The highest BCUT2D eigenvalue weighted by Crippen LogP contribution is 2.26. The van der Waals surface area contributed by atoms with E-state index < -0.39 is 9.84 Å². The molecule has 0 saturated carbocycles. The van der Waals surface area contributed by atoms with Crippen molar-refractivity contribution in [3.05, 3.63) is 29.3 Å². The minimum atomic E-state index is -2.98. The highest BCUT2D eigenvalue weighted by Gasteiger charge is 2.22. The van der Waals surface area contributed by atoms with Gasteiger partial charge in [-0.2, -0.15) is 0 Å². The fraction of sp³-hybridized carbons (Fsp3) is 0.400. The summed E-state index contributed by atoms with van der Waals surface area (Å²) in [5.74, 6) is 0.299. The molecule has 0 amide bonds. The van der Waals surface area contributed by atoms with Gasteiger partial charge in [-0.05, 0) is 30.0 Å². The molecule has 0 N–H and O–H groups in total. The van der Waals surface area contributed by atoms with E-state index in [4.69, 9.17) is 0 Å². The fourth-order valence-electron chi connectivity index (χ4n) is 1.78. The van der Waals surface area contributed by atoms with Crippen LogP contribution >= 0.6 is 15.9 Å². The normalized spacial score (nSPS) is 18.9. The summed E-state index contributed by atoms with van der Waals surface area (Å²) in [7, 11) is -2.98. The van der Waals surface area contributed by atoms with Crippen molar-refractivity contribution in [3.8, 4) is 0 Å². The minimum Gasteiger partial charge on any atom is -0.224 e. The molecule has 1 aliphatic heterocycles. The van der Waals surface area contributed by atoms with Crippen LogP contribution in [0.1, 0.15) is 17.5 Å². The zero-order valence-electron chi connectivity index (χ0n) is 7.66. The average Bonchev–Trinajstić information content (AvgIpc) is 2.16. The monoisotopic (exact) mass is 274 g/mol. The molecule has 0 aromatic heterocycles. The molecule has 0 spiro atoms. The predicted octanol–water partition coefficient (Wildman–Crippen LogP) is 2.30. The molecule has 0 unspecified atom stereocenters. The van der Waals surface area contributed by atoms with E-state index in [-0.39, 0.29) is 0 Å². The first-order valence-electron chi connectivity index (χ1n) is 4.54. The lowest BCUT2D eigenvalue weighted by Gasteiger charge is -2.16. The maximum Gasteiger partial charge on any atom is 0.178 e. The number of fused-ring (bicyclic) bond motifs is 1. The van der Waals surface area contributed by atoms with Gasteiger partial charge in [0.25, 0.3) is 0 Å². The van der Waals surface area contributed by atoms with Gasteiger partial charge in [-0.15, -0.1) is 0 Å². The van der Waals surface area contributed by atoms with E-state index >= 15 is 0 Å². The van der Waals surface area contributed by atoms with Crippen LogP contribution in [-0.2, 0) is 21.6 Å². The Morgan fingerprint density at radius 1 is 1.36 bits per heavy atom. The van der Waals surface area contributed by atoms with Crippen LogP contribution in [0.4, 0.5) is 0 Å². The molecule has 0 bridgehead atoms. The average molecular weight is 275 g/mol. The molecule has 0 saturated heterocycles. The molecule has 14 heavy (non-hydrogen) atoms. The molecule has 1 aromatic carbocycles. The number of halogens is 1. The summed E-state index contributed by atoms with van der Waals surface area (Å²) in [6.07, 6.45) is 1.64. The van der Waals surface area contributed by atoms with Crippen LogP contribution in [0.15, 0.2) is 23.1 Å². The predicted molar refractivity (Wildman–Crippen MR) is 59.4 cm³/mol. The SMILES string of the molecule is O=S1(=O)CCCc2cc(CBr)ccc21. The lowest BCUT2D eigenvalue weighted by Crippen LogP contribution is -2.16. The Bertz CT molecular complexity index is 451. The molecule has 2 nitrogen and oxygen atoms in total. The fourth-order valence-corrected chi connectivity index (χ4v) is 3.71. The summed E-state index contributed by atoms with van der Waals surface area (Å²) >= 11 is 3.36. The molecule has 0 atom stereocenters. The van der Waals surface area contributed by atoms with E-state index in [1.165, 1.54) is 0 Å². The van der Waals surface area contributed by atoms with Crippen LogP contribution in [0.2, 0.25) is 0 Å². The molecular formula is C10H11BrO2S. The standard InChI is InChI=1S/C10H11BrO2S/c11-7-8-3-4-10-9(6-8)2-1-5-14(10,12)13/h3-4,6H,1-2,5,7H2. The zero-order valence-corrected chi connectivity index (χ0v) is 10.1. The Kier molecular flexibility index (Phi) is 2.66. The first kappa shape index (κ1) is 10.2. The number of aryl methyl sites for hydroxylation is 1. The van der Waals surface area contributed by atoms with Crippen molar-refractivity contribution in [1.29, 1.82) is 0 Å². The van der Waals surface area contributed by atoms with Crippen molar-refractivity contribution in [1.82, 2.24) is 0 Å². The van der Waals surface area contributed by atoms with E-state index in [9.17, 15) is 8.42 Å². The Morgan fingerprint density at radius 3 is 2.86 bits per heavy atom. The number of sulfone groups is 1. The van der Waals surface area contributed by atoms with E-state index in [2.05, 4.69) is 15.9 Å². The third-order valence-corrected chi connectivity index (χ3v) is 5.02. The highest BCUT2D eigenvalue weighted by molar-refractivity contribution is 9.08. The quantitative estimate of drug-likeness (QED) is 0.737. The maximum absolute atomic E-state index is 11.7. The largest absolute Gasteiger partial charge is 0.224 e. The van der Waals surface area contributed by atoms with E-state index in [0.717, 1.165) is 29.3 Å². The van der Waals surface area contributed by atoms with Gasteiger partial charge in [-0.3, -0.25) is 0 Å². The van der Waals surface area contributed by atoms with Crippen molar-refractivity contribution in [2.75, 3.05) is 5.75 Å². The summed E-state index contributed by atoms with van der Waals surface area (Å²) in [5, 5.41) is 0.778. The second kappa shape index (κ2) is 3.66. The van der Waals surface area contributed by atoms with Gasteiger partial charge in [0.05, 0.1) is 10.6 Å². The number of alkyl halides is 1. The Hall–Kier alpha value is -0.350. The highest BCUT2D eigenvalue weighted by atomic mass is 79.9. The summed E-state index contributed by atoms with van der Waals surface area (Å²) in [6, 6.07) is 5.59. The van der Waals surface area contributed by atoms with E-state index in [1.807, 2.05) is 12.1 Å². The van der Waals surface area contributed by atoms with E-state index in [0.29, 0.717) is 10.6 Å². The lowest BCUT2D eigenvalue weighted by molar-refractivity contribution is 0.586. The zero-order chi connectivity index (χ0) is 10.2. The molecule has 0 radical (unpaired) electrons. The number of benzene rings is 1. The Balaban J connectivity index is 2.58. The van der Waals surface area contributed by atoms with Crippen LogP contribution in [0.3, 0.4) is 0 Å². The number of hydrogen-bond donors (Lipinski definition) is 0. The number of hydrogen-bond acceptors (Lipinski definition) is 2. The molecule has 76 valence electrons. The van der Waals surface area contributed by atoms with Gasteiger partial charge >= 0.3 is 0 Å². The van der Waals surface area contributed by atoms with Crippen molar-refractivity contribution in [3.63, 3.8) is 0 Å². The first-order chi connectivity index (χ1) is 6.63. The molecule has 4 heteroatoms. The summed E-state index contributed by atoms with van der Waals surface area (Å²) in [5.41, 5.74) is 2.12. The van der Waals surface area contributed by atoms with Crippen molar-refractivity contribution in [2.45, 2.75) is 23.1 Å². The van der Waals surface area contributed by atoms with Crippen molar-refractivity contribution in [2.24, 2.45) is 0 Å². The van der Waals surface area contributed by atoms with Crippen LogP contribution in [0, 0.1) is 0 Å². The van der Waals surface area contributed by atoms with Crippen LogP contribution in [0.5, 0.6) is 0 Å². The molecular weight excluding hydrogens is 264 g/mol. The smallest absolute Gasteiger partial charge is 0.178 e. The molecule has 1 aromatic rings. The van der Waals surface area contributed by atoms with Gasteiger partial charge in [-0.25, -0.2) is 8.42 Å². The Labute approximate surface area is 92.4 Å². The van der Waals surface area contributed by atoms with Crippen LogP contribution < -0.4 is 0 Å². The molecule has 1 heterocycles. The first-order valence-corrected chi connectivity index (χ1v) is 7.31. The minimum absolute atomic E-state index is 0.299. The second-order valence-electron chi connectivity index (χ2n) is 3.50. The maximum atomic E-state index is 11.7. The van der Waals surface area contributed by atoms with Crippen LogP contribution in [0.25, 0.3) is 0 Å². The summed E-state index contributed by atoms with van der Waals surface area (Å²) in [4.78, 5) is 0.536. The van der Waals surface area contributed by atoms with Gasteiger partial charge < -0.3 is 0 Å². The van der Waals surface area contributed by atoms with Gasteiger partial charge in [0, 0.05) is 5.33 Å². The van der Waals surface area contributed by atoms with Gasteiger partial charge in [0.15, 0.2) is 9.84 Å². The topological polar surface area (TPSA) is 34.1 Å². The van der Waals surface area contributed by atoms with Gasteiger partial charge in [0.1, 0.15) is 0 Å². The summed E-state index contributed by atoms with van der Waals surface area (Å²) < 4.78 is 23.3. The van der Waals surface area contributed by atoms with Crippen LogP contribution in [-0.4, -0.2) is 14.2 Å². The van der Waals surface area contributed by atoms with Gasteiger partial charge in [0.2, 0.25) is 0 Å².